The zero-order valence-corrected chi connectivity index (χ0v) is 13.5. The lowest BCUT2D eigenvalue weighted by Gasteiger charge is -2.29. The average molecular weight is 304 g/mol. The van der Waals surface area contributed by atoms with Crippen molar-refractivity contribution in [1.82, 2.24) is 4.98 Å². The van der Waals surface area contributed by atoms with Crippen molar-refractivity contribution < 1.29 is 4.79 Å². The second kappa shape index (κ2) is 5.27. The van der Waals surface area contributed by atoms with Crippen LogP contribution in [-0.2, 0) is 6.42 Å². The molecule has 1 aliphatic heterocycles. The number of hydrogen-bond acceptors (Lipinski definition) is 1. The number of fused-ring (bicyclic) bond motifs is 2. The molecule has 0 fully saturated rings. The van der Waals surface area contributed by atoms with Crippen LogP contribution in [0, 0.1) is 13.8 Å². The largest absolute Gasteiger partial charge is 0.350 e. The summed E-state index contributed by atoms with van der Waals surface area (Å²) in [5.74, 6) is 0.0727. The molecule has 0 atom stereocenters. The zero-order chi connectivity index (χ0) is 16.0. The molecule has 116 valence electrons. The van der Waals surface area contributed by atoms with Crippen molar-refractivity contribution in [2.45, 2.75) is 26.7 Å². The van der Waals surface area contributed by atoms with E-state index in [-0.39, 0.29) is 5.91 Å². The molecule has 0 aliphatic carbocycles. The number of nitrogens with zero attached hydrogens (tertiary/aromatic N) is 1. The Morgan fingerprint density at radius 2 is 1.96 bits per heavy atom. The molecule has 0 bridgehead atoms. The Morgan fingerprint density at radius 1 is 1.13 bits per heavy atom. The van der Waals surface area contributed by atoms with Crippen molar-refractivity contribution in [2.24, 2.45) is 0 Å². The molecule has 0 spiro atoms. The molecule has 0 saturated heterocycles. The molecule has 0 saturated carbocycles. The summed E-state index contributed by atoms with van der Waals surface area (Å²) in [6, 6.07) is 14.5. The minimum atomic E-state index is 0.0727. The van der Waals surface area contributed by atoms with E-state index in [2.05, 4.69) is 36.2 Å². The Morgan fingerprint density at radius 3 is 2.78 bits per heavy atom. The van der Waals surface area contributed by atoms with Crippen molar-refractivity contribution >= 4 is 22.5 Å². The SMILES string of the molecule is Cc1ccc2c(c1)CCCN2C(=O)c1[nH]c2ccccc2c1C. The van der Waals surface area contributed by atoms with Gasteiger partial charge in [0.2, 0.25) is 0 Å². The van der Waals surface area contributed by atoms with Crippen LogP contribution in [0.3, 0.4) is 0 Å². The van der Waals surface area contributed by atoms with Gasteiger partial charge in [-0.15, -0.1) is 0 Å². The van der Waals surface area contributed by atoms with Gasteiger partial charge < -0.3 is 9.88 Å². The van der Waals surface area contributed by atoms with Crippen LogP contribution in [-0.4, -0.2) is 17.4 Å². The molecule has 2 heterocycles. The Balaban J connectivity index is 1.79. The summed E-state index contributed by atoms with van der Waals surface area (Å²) < 4.78 is 0. The first-order valence-corrected chi connectivity index (χ1v) is 8.14. The summed E-state index contributed by atoms with van der Waals surface area (Å²) in [5, 5.41) is 1.12. The number of carbonyl (C=O) groups is 1. The van der Waals surface area contributed by atoms with Crippen molar-refractivity contribution in [2.75, 3.05) is 11.4 Å². The maximum Gasteiger partial charge on any atom is 0.274 e. The van der Waals surface area contributed by atoms with Gasteiger partial charge in [-0.3, -0.25) is 4.79 Å². The number of para-hydroxylation sites is 1. The van der Waals surface area contributed by atoms with Crippen LogP contribution in [0.15, 0.2) is 42.5 Å². The number of benzene rings is 2. The summed E-state index contributed by atoms with van der Waals surface area (Å²) in [6.07, 6.45) is 2.06. The lowest BCUT2D eigenvalue weighted by atomic mass is 9.99. The molecule has 0 radical (unpaired) electrons. The molecule has 1 N–H and O–H groups in total. The highest BCUT2D eigenvalue weighted by Gasteiger charge is 2.26. The summed E-state index contributed by atoms with van der Waals surface area (Å²) >= 11 is 0. The lowest BCUT2D eigenvalue weighted by molar-refractivity contribution is 0.0980. The molecule has 3 aromatic rings. The number of anilines is 1. The zero-order valence-electron chi connectivity index (χ0n) is 13.5. The fraction of sp³-hybridized carbons (Fsp3) is 0.250. The van der Waals surface area contributed by atoms with E-state index < -0.39 is 0 Å². The average Bonchev–Trinajstić information content (AvgIpc) is 2.91. The predicted molar refractivity (Wildman–Crippen MR) is 94.2 cm³/mol. The number of H-pyrrole nitrogens is 1. The highest BCUT2D eigenvalue weighted by atomic mass is 16.2. The second-order valence-corrected chi connectivity index (χ2v) is 6.36. The molecule has 23 heavy (non-hydrogen) atoms. The molecule has 1 aliphatic rings. The van der Waals surface area contributed by atoms with Gasteiger partial charge in [0.1, 0.15) is 5.69 Å². The van der Waals surface area contributed by atoms with Gasteiger partial charge in [-0.25, -0.2) is 0 Å². The fourth-order valence-electron chi connectivity index (χ4n) is 3.57. The van der Waals surface area contributed by atoms with Crippen molar-refractivity contribution in [3.8, 4) is 0 Å². The number of nitrogens with one attached hydrogen (secondary N) is 1. The lowest BCUT2D eigenvalue weighted by Crippen LogP contribution is -2.36. The quantitative estimate of drug-likeness (QED) is 0.711. The minimum Gasteiger partial charge on any atom is -0.350 e. The van der Waals surface area contributed by atoms with Crippen molar-refractivity contribution in [3.05, 3.63) is 64.8 Å². The van der Waals surface area contributed by atoms with Crippen LogP contribution in [0.2, 0.25) is 0 Å². The van der Waals surface area contributed by atoms with Crippen molar-refractivity contribution in [1.29, 1.82) is 0 Å². The number of aryl methyl sites for hydroxylation is 3. The summed E-state index contributed by atoms with van der Waals surface area (Å²) in [5.41, 5.74) is 6.35. The molecule has 1 aromatic heterocycles. The van der Waals surface area contributed by atoms with E-state index in [0.29, 0.717) is 5.69 Å². The van der Waals surface area contributed by atoms with E-state index in [9.17, 15) is 4.79 Å². The van der Waals surface area contributed by atoms with E-state index in [0.717, 1.165) is 41.5 Å². The van der Waals surface area contributed by atoms with Crippen LogP contribution >= 0.6 is 0 Å². The van der Waals surface area contributed by atoms with Gasteiger partial charge in [-0.1, -0.05) is 35.9 Å². The normalized spacial score (nSPS) is 14.1. The van der Waals surface area contributed by atoms with Crippen LogP contribution < -0.4 is 4.90 Å². The standard InChI is InChI=1S/C20H20N2O/c1-13-9-10-18-15(12-13)6-5-11-22(18)20(23)19-14(2)16-7-3-4-8-17(16)21-19/h3-4,7-10,12,21H,5-6,11H2,1-2H3. The van der Waals surface area contributed by atoms with Gasteiger partial charge in [0.05, 0.1) is 0 Å². The van der Waals surface area contributed by atoms with E-state index in [1.165, 1.54) is 11.1 Å². The molecule has 3 heteroatoms. The highest BCUT2D eigenvalue weighted by molar-refractivity contribution is 6.09. The van der Waals surface area contributed by atoms with Crippen molar-refractivity contribution in [3.63, 3.8) is 0 Å². The molecule has 3 nitrogen and oxygen atoms in total. The van der Waals surface area contributed by atoms with Crippen LogP contribution in [0.4, 0.5) is 5.69 Å². The van der Waals surface area contributed by atoms with Crippen LogP contribution in [0.5, 0.6) is 0 Å². The number of rotatable bonds is 1. The third-order valence-electron chi connectivity index (χ3n) is 4.78. The first kappa shape index (κ1) is 14.1. The van der Waals surface area contributed by atoms with Gasteiger partial charge in [0.15, 0.2) is 0 Å². The van der Waals surface area contributed by atoms with E-state index in [1.807, 2.05) is 30.0 Å². The minimum absolute atomic E-state index is 0.0727. The number of aromatic nitrogens is 1. The van der Waals surface area contributed by atoms with E-state index >= 15 is 0 Å². The Bertz CT molecular complexity index is 907. The smallest absolute Gasteiger partial charge is 0.274 e. The Labute approximate surface area is 135 Å². The molecular weight excluding hydrogens is 284 g/mol. The van der Waals surface area contributed by atoms with E-state index in [4.69, 9.17) is 0 Å². The molecule has 4 rings (SSSR count). The van der Waals surface area contributed by atoms with Gasteiger partial charge in [-0.05, 0) is 49.9 Å². The van der Waals surface area contributed by atoms with Gasteiger partial charge >= 0.3 is 0 Å². The predicted octanol–water partition coefficient (Wildman–Crippen LogP) is 4.38. The van der Waals surface area contributed by atoms with Gasteiger partial charge in [0, 0.05) is 23.1 Å². The summed E-state index contributed by atoms with van der Waals surface area (Å²) in [4.78, 5) is 18.4. The summed E-state index contributed by atoms with van der Waals surface area (Å²) in [6.45, 7) is 4.90. The number of carbonyl (C=O) groups excluding carboxylic acids is 1. The van der Waals surface area contributed by atoms with E-state index in [1.54, 1.807) is 0 Å². The molecule has 2 aromatic carbocycles. The Kier molecular flexibility index (Phi) is 3.22. The monoisotopic (exact) mass is 304 g/mol. The maximum atomic E-state index is 13.1. The maximum absolute atomic E-state index is 13.1. The van der Waals surface area contributed by atoms with Crippen LogP contribution in [0.25, 0.3) is 10.9 Å². The molecule has 0 unspecified atom stereocenters. The third-order valence-corrected chi connectivity index (χ3v) is 4.78. The number of amides is 1. The first-order valence-electron chi connectivity index (χ1n) is 8.14. The van der Waals surface area contributed by atoms with Gasteiger partial charge in [-0.2, -0.15) is 0 Å². The molecular formula is C20H20N2O. The number of hydrogen-bond donors (Lipinski definition) is 1. The number of aromatic amines is 1. The Hall–Kier alpha value is -2.55. The topological polar surface area (TPSA) is 36.1 Å². The summed E-state index contributed by atoms with van der Waals surface area (Å²) in [7, 11) is 0. The first-order chi connectivity index (χ1) is 11.1. The van der Waals surface area contributed by atoms with Gasteiger partial charge in [0.25, 0.3) is 5.91 Å². The fourth-order valence-corrected chi connectivity index (χ4v) is 3.57. The van der Waals surface area contributed by atoms with Crippen LogP contribution in [0.1, 0.15) is 33.6 Å². The highest BCUT2D eigenvalue weighted by Crippen LogP contribution is 2.31. The third kappa shape index (κ3) is 2.24. The molecule has 1 amide bonds. The second-order valence-electron chi connectivity index (χ2n) is 6.36.